The molecule has 1 N–H and O–H groups in total. The Bertz CT molecular complexity index is 573. The fourth-order valence-corrected chi connectivity index (χ4v) is 1.88. The maximum absolute atomic E-state index is 13.3. The minimum atomic E-state index is -0.253. The second-order valence-corrected chi connectivity index (χ2v) is 5.87. The number of nitrogens with zero attached hydrogens (tertiary/aromatic N) is 4. The molecule has 0 radical (unpaired) electrons. The highest BCUT2D eigenvalue weighted by Gasteiger charge is 2.17. The minimum absolute atomic E-state index is 0.0150. The van der Waals surface area contributed by atoms with Gasteiger partial charge in [0.1, 0.15) is 5.82 Å². The normalized spacial score (nSPS) is 13.4. The SMILES string of the molecule is CC(c1cccc(F)c1)n1nnnc1CNC(C)(C)C. The van der Waals surface area contributed by atoms with Gasteiger partial charge in [-0.05, 0) is 55.8 Å². The predicted molar refractivity (Wildman–Crippen MR) is 74.6 cm³/mol. The highest BCUT2D eigenvalue weighted by atomic mass is 19.1. The lowest BCUT2D eigenvalue weighted by molar-refractivity contribution is 0.403. The summed E-state index contributed by atoms with van der Waals surface area (Å²) in [5.74, 6) is 0.480. The zero-order chi connectivity index (χ0) is 14.8. The summed E-state index contributed by atoms with van der Waals surface area (Å²) in [6, 6.07) is 6.39. The fourth-order valence-electron chi connectivity index (χ4n) is 1.88. The van der Waals surface area contributed by atoms with E-state index in [1.54, 1.807) is 10.7 Å². The average molecular weight is 277 g/mol. The number of tetrazole rings is 1. The van der Waals surface area contributed by atoms with Gasteiger partial charge in [0.05, 0.1) is 12.6 Å². The van der Waals surface area contributed by atoms with Crippen LogP contribution in [0.1, 0.15) is 45.1 Å². The van der Waals surface area contributed by atoms with Crippen LogP contribution in [0.2, 0.25) is 0 Å². The molecule has 0 bridgehead atoms. The molecule has 0 spiro atoms. The second kappa shape index (κ2) is 5.66. The molecule has 20 heavy (non-hydrogen) atoms. The standard InChI is InChI=1S/C14H20FN5/c1-10(11-6-5-7-12(15)8-11)20-13(17-18-19-20)9-16-14(2,3)4/h5-8,10,16H,9H2,1-4H3. The molecular formula is C14H20FN5. The first-order valence-corrected chi connectivity index (χ1v) is 6.64. The summed E-state index contributed by atoms with van der Waals surface area (Å²) in [4.78, 5) is 0. The maximum Gasteiger partial charge on any atom is 0.165 e. The van der Waals surface area contributed by atoms with Gasteiger partial charge >= 0.3 is 0 Å². The van der Waals surface area contributed by atoms with Crippen molar-refractivity contribution in [2.24, 2.45) is 0 Å². The Labute approximate surface area is 118 Å². The van der Waals surface area contributed by atoms with Crippen LogP contribution in [-0.4, -0.2) is 25.7 Å². The van der Waals surface area contributed by atoms with Crippen LogP contribution in [0.15, 0.2) is 24.3 Å². The number of aromatic nitrogens is 4. The summed E-state index contributed by atoms with van der Waals surface area (Å²) in [5.41, 5.74) is 0.827. The van der Waals surface area contributed by atoms with Gasteiger partial charge in [-0.2, -0.15) is 0 Å². The van der Waals surface area contributed by atoms with E-state index >= 15 is 0 Å². The maximum atomic E-state index is 13.3. The zero-order valence-corrected chi connectivity index (χ0v) is 12.3. The first kappa shape index (κ1) is 14.6. The molecule has 5 nitrogen and oxygen atoms in total. The molecule has 0 fully saturated rings. The topological polar surface area (TPSA) is 55.6 Å². The van der Waals surface area contributed by atoms with Gasteiger partial charge in [-0.25, -0.2) is 9.07 Å². The number of rotatable bonds is 4. The first-order chi connectivity index (χ1) is 9.37. The second-order valence-electron chi connectivity index (χ2n) is 5.87. The molecule has 1 aromatic heterocycles. The molecule has 0 aliphatic rings. The van der Waals surface area contributed by atoms with E-state index in [2.05, 4.69) is 41.6 Å². The summed E-state index contributed by atoms with van der Waals surface area (Å²) in [5, 5.41) is 15.1. The van der Waals surface area contributed by atoms with Crippen molar-refractivity contribution in [3.8, 4) is 0 Å². The molecule has 1 heterocycles. The van der Waals surface area contributed by atoms with Gasteiger partial charge in [0.25, 0.3) is 0 Å². The van der Waals surface area contributed by atoms with Gasteiger partial charge in [-0.1, -0.05) is 12.1 Å². The first-order valence-electron chi connectivity index (χ1n) is 6.64. The molecule has 108 valence electrons. The van der Waals surface area contributed by atoms with Gasteiger partial charge in [-0.3, -0.25) is 0 Å². The van der Waals surface area contributed by atoms with Crippen molar-refractivity contribution in [2.45, 2.75) is 45.8 Å². The summed E-state index contributed by atoms with van der Waals surface area (Å²) in [6.07, 6.45) is 0. The lowest BCUT2D eigenvalue weighted by atomic mass is 10.1. The fraction of sp³-hybridized carbons (Fsp3) is 0.500. The third kappa shape index (κ3) is 3.60. The lowest BCUT2D eigenvalue weighted by Gasteiger charge is -2.21. The van der Waals surface area contributed by atoms with Gasteiger partial charge in [0.15, 0.2) is 5.82 Å². The van der Waals surface area contributed by atoms with E-state index in [1.807, 2.05) is 13.0 Å². The summed E-state index contributed by atoms with van der Waals surface area (Å²) in [6.45, 7) is 8.76. The molecular weight excluding hydrogens is 257 g/mol. The summed E-state index contributed by atoms with van der Waals surface area (Å²) in [7, 11) is 0. The number of hydrogen-bond donors (Lipinski definition) is 1. The molecule has 0 aliphatic carbocycles. The monoisotopic (exact) mass is 277 g/mol. The molecule has 1 aromatic carbocycles. The Morgan fingerprint density at radius 2 is 2.10 bits per heavy atom. The van der Waals surface area contributed by atoms with Crippen LogP contribution in [0.25, 0.3) is 0 Å². The average Bonchev–Trinajstić information content (AvgIpc) is 2.83. The van der Waals surface area contributed by atoms with Crippen LogP contribution in [0, 0.1) is 5.82 Å². The van der Waals surface area contributed by atoms with E-state index in [0.29, 0.717) is 6.54 Å². The van der Waals surface area contributed by atoms with Crippen molar-refractivity contribution in [3.05, 3.63) is 41.5 Å². The quantitative estimate of drug-likeness (QED) is 0.931. The molecule has 0 amide bonds. The molecule has 2 aromatic rings. The molecule has 0 aliphatic heterocycles. The molecule has 6 heteroatoms. The van der Waals surface area contributed by atoms with E-state index < -0.39 is 0 Å². The highest BCUT2D eigenvalue weighted by Crippen LogP contribution is 2.18. The molecule has 0 saturated heterocycles. The molecule has 1 unspecified atom stereocenters. The number of nitrogens with one attached hydrogen (secondary N) is 1. The van der Waals surface area contributed by atoms with Crippen molar-refractivity contribution < 1.29 is 4.39 Å². The Balaban J connectivity index is 2.19. The minimum Gasteiger partial charge on any atom is -0.305 e. The number of benzene rings is 1. The van der Waals surface area contributed by atoms with E-state index in [9.17, 15) is 4.39 Å². The van der Waals surface area contributed by atoms with E-state index in [4.69, 9.17) is 0 Å². The highest BCUT2D eigenvalue weighted by molar-refractivity contribution is 5.20. The van der Waals surface area contributed by atoms with Gasteiger partial charge < -0.3 is 5.32 Å². The summed E-state index contributed by atoms with van der Waals surface area (Å²) < 4.78 is 15.0. The lowest BCUT2D eigenvalue weighted by Crippen LogP contribution is -2.36. The smallest absolute Gasteiger partial charge is 0.165 e. The van der Waals surface area contributed by atoms with Crippen LogP contribution < -0.4 is 5.32 Å². The largest absolute Gasteiger partial charge is 0.305 e. The van der Waals surface area contributed by atoms with Gasteiger partial charge in [0.2, 0.25) is 0 Å². The van der Waals surface area contributed by atoms with Crippen molar-refractivity contribution in [1.82, 2.24) is 25.5 Å². The van der Waals surface area contributed by atoms with Crippen LogP contribution in [-0.2, 0) is 6.54 Å². The Hall–Kier alpha value is -1.82. The van der Waals surface area contributed by atoms with Crippen molar-refractivity contribution in [1.29, 1.82) is 0 Å². The third-order valence-electron chi connectivity index (χ3n) is 3.04. The van der Waals surface area contributed by atoms with E-state index in [0.717, 1.165) is 11.4 Å². The van der Waals surface area contributed by atoms with Crippen molar-refractivity contribution >= 4 is 0 Å². The number of hydrogen-bond acceptors (Lipinski definition) is 4. The van der Waals surface area contributed by atoms with Crippen LogP contribution >= 0.6 is 0 Å². The molecule has 1 atom stereocenters. The van der Waals surface area contributed by atoms with Crippen LogP contribution in [0.3, 0.4) is 0 Å². The Morgan fingerprint density at radius 3 is 2.75 bits per heavy atom. The van der Waals surface area contributed by atoms with Crippen LogP contribution in [0.5, 0.6) is 0 Å². The van der Waals surface area contributed by atoms with Crippen LogP contribution in [0.4, 0.5) is 4.39 Å². The van der Waals surface area contributed by atoms with E-state index in [1.165, 1.54) is 12.1 Å². The van der Waals surface area contributed by atoms with Crippen molar-refractivity contribution in [2.75, 3.05) is 0 Å². The third-order valence-corrected chi connectivity index (χ3v) is 3.04. The van der Waals surface area contributed by atoms with Gasteiger partial charge in [-0.15, -0.1) is 5.10 Å². The molecule has 2 rings (SSSR count). The summed E-state index contributed by atoms with van der Waals surface area (Å²) >= 11 is 0. The zero-order valence-electron chi connectivity index (χ0n) is 12.3. The number of halogens is 1. The Morgan fingerprint density at radius 1 is 1.35 bits per heavy atom. The van der Waals surface area contributed by atoms with Crippen molar-refractivity contribution in [3.63, 3.8) is 0 Å². The van der Waals surface area contributed by atoms with E-state index in [-0.39, 0.29) is 17.4 Å². The molecule has 0 saturated carbocycles. The predicted octanol–water partition coefficient (Wildman–Crippen LogP) is 2.31. The Kier molecular flexibility index (Phi) is 4.13. The van der Waals surface area contributed by atoms with Gasteiger partial charge in [0, 0.05) is 5.54 Å².